The number of hydrogen-bond donors (Lipinski definition) is 1. The molecule has 2 aromatic carbocycles. The van der Waals surface area contributed by atoms with Crippen LogP contribution in [-0.4, -0.2) is 27.8 Å². The quantitative estimate of drug-likeness (QED) is 0.615. The van der Waals surface area contributed by atoms with Gasteiger partial charge in [0.15, 0.2) is 0 Å². The van der Waals surface area contributed by atoms with Gasteiger partial charge >= 0.3 is 0 Å². The Morgan fingerprint density at radius 2 is 2.10 bits per heavy atom. The average Bonchev–Trinajstić information content (AvgIpc) is 3.49. The molecular weight excluding hydrogens is 402 g/mol. The Morgan fingerprint density at radius 1 is 1.30 bits per heavy atom. The molecule has 0 radical (unpaired) electrons. The van der Waals surface area contributed by atoms with Crippen LogP contribution in [0.5, 0.6) is 0 Å². The minimum absolute atomic E-state index is 0.0141. The highest BCUT2D eigenvalue weighted by Gasteiger charge is 2.38. The van der Waals surface area contributed by atoms with Gasteiger partial charge in [-0.2, -0.15) is 0 Å². The van der Waals surface area contributed by atoms with Gasteiger partial charge in [-0.05, 0) is 56.0 Å². The predicted molar refractivity (Wildman–Crippen MR) is 117 cm³/mol. The van der Waals surface area contributed by atoms with Crippen LogP contribution in [0.3, 0.4) is 0 Å². The zero-order valence-corrected chi connectivity index (χ0v) is 17.5. The molecule has 1 heterocycles. The molecule has 0 aliphatic heterocycles. The van der Waals surface area contributed by atoms with Crippen molar-refractivity contribution in [1.29, 1.82) is 0 Å². The molecule has 1 aliphatic rings. The molecule has 154 valence electrons. The number of aldehydes is 1. The SMILES string of the molecule is CC(C)NC(=O)Cn1c(-c2cccc(Cl)c2)nc2ccc(C3CC3C=O)cc2c1=O. The first-order chi connectivity index (χ1) is 14.4. The van der Waals surface area contributed by atoms with Gasteiger partial charge in [-0.1, -0.05) is 29.8 Å². The molecule has 4 rings (SSSR count). The van der Waals surface area contributed by atoms with Crippen molar-refractivity contribution < 1.29 is 9.59 Å². The van der Waals surface area contributed by atoms with Crippen LogP contribution in [0.25, 0.3) is 22.3 Å². The van der Waals surface area contributed by atoms with Gasteiger partial charge in [-0.25, -0.2) is 4.98 Å². The van der Waals surface area contributed by atoms with Gasteiger partial charge in [0.25, 0.3) is 5.56 Å². The standard InChI is InChI=1S/C23H22ClN3O3/c1-13(2)25-21(29)11-27-22(15-4-3-5-17(24)8-15)26-20-7-6-14(9-19(20)23(27)30)18-10-16(18)12-28/h3-9,12-13,16,18H,10-11H2,1-2H3,(H,25,29). The summed E-state index contributed by atoms with van der Waals surface area (Å²) in [6.45, 7) is 3.58. The molecule has 3 aromatic rings. The maximum absolute atomic E-state index is 13.4. The molecule has 2 atom stereocenters. The fourth-order valence-corrected chi connectivity index (χ4v) is 3.91. The van der Waals surface area contributed by atoms with Crippen LogP contribution < -0.4 is 10.9 Å². The van der Waals surface area contributed by atoms with E-state index in [1.807, 2.05) is 26.0 Å². The summed E-state index contributed by atoms with van der Waals surface area (Å²) in [5, 5.41) is 3.77. The summed E-state index contributed by atoms with van der Waals surface area (Å²) in [6.07, 6.45) is 1.76. The van der Waals surface area contributed by atoms with E-state index in [0.717, 1.165) is 18.3 Å². The smallest absolute Gasteiger partial charge is 0.262 e. The van der Waals surface area contributed by atoms with Crippen LogP contribution in [-0.2, 0) is 16.1 Å². The van der Waals surface area contributed by atoms with Gasteiger partial charge in [-0.15, -0.1) is 0 Å². The number of nitrogens with one attached hydrogen (secondary N) is 1. The third-order valence-corrected chi connectivity index (χ3v) is 5.49. The second-order valence-corrected chi connectivity index (χ2v) is 8.41. The minimum Gasteiger partial charge on any atom is -0.352 e. The van der Waals surface area contributed by atoms with Crippen LogP contribution >= 0.6 is 11.6 Å². The van der Waals surface area contributed by atoms with E-state index in [4.69, 9.17) is 16.6 Å². The van der Waals surface area contributed by atoms with Crippen LogP contribution in [0.1, 0.15) is 31.7 Å². The van der Waals surface area contributed by atoms with E-state index in [1.54, 1.807) is 30.3 Å². The van der Waals surface area contributed by atoms with Gasteiger partial charge < -0.3 is 10.1 Å². The molecule has 1 aromatic heterocycles. The number of amides is 1. The summed E-state index contributed by atoms with van der Waals surface area (Å²) in [5.74, 6) is 0.284. The molecule has 0 saturated heterocycles. The van der Waals surface area contributed by atoms with E-state index in [9.17, 15) is 14.4 Å². The highest BCUT2D eigenvalue weighted by molar-refractivity contribution is 6.30. The van der Waals surface area contributed by atoms with Crippen LogP contribution in [0.15, 0.2) is 47.3 Å². The summed E-state index contributed by atoms with van der Waals surface area (Å²) in [6, 6.07) is 12.5. The zero-order chi connectivity index (χ0) is 21.4. The number of carbonyl (C=O) groups is 2. The molecule has 30 heavy (non-hydrogen) atoms. The first-order valence-corrected chi connectivity index (χ1v) is 10.3. The van der Waals surface area contributed by atoms with E-state index >= 15 is 0 Å². The van der Waals surface area contributed by atoms with E-state index in [2.05, 4.69) is 5.32 Å². The normalized spacial score (nSPS) is 17.9. The molecular formula is C23H22ClN3O3. The highest BCUT2D eigenvalue weighted by Crippen LogP contribution is 2.46. The van der Waals surface area contributed by atoms with Crippen molar-refractivity contribution in [2.45, 2.75) is 38.8 Å². The van der Waals surface area contributed by atoms with Gasteiger partial charge in [0.1, 0.15) is 18.7 Å². The molecule has 2 unspecified atom stereocenters. The largest absolute Gasteiger partial charge is 0.352 e. The molecule has 1 aliphatic carbocycles. The Kier molecular flexibility index (Phi) is 5.43. The highest BCUT2D eigenvalue weighted by atomic mass is 35.5. The lowest BCUT2D eigenvalue weighted by atomic mass is 10.1. The van der Waals surface area contributed by atoms with E-state index in [0.29, 0.717) is 27.3 Å². The number of rotatable bonds is 6. The van der Waals surface area contributed by atoms with E-state index in [1.165, 1.54) is 4.57 Å². The third-order valence-electron chi connectivity index (χ3n) is 5.26. The third kappa shape index (κ3) is 4.00. The maximum atomic E-state index is 13.4. The topological polar surface area (TPSA) is 81.1 Å². The van der Waals surface area contributed by atoms with Crippen molar-refractivity contribution in [3.05, 3.63) is 63.4 Å². The second-order valence-electron chi connectivity index (χ2n) is 7.98. The van der Waals surface area contributed by atoms with Gasteiger partial charge in [-0.3, -0.25) is 14.2 Å². The minimum atomic E-state index is -0.293. The summed E-state index contributed by atoms with van der Waals surface area (Å²) >= 11 is 6.15. The van der Waals surface area contributed by atoms with Gasteiger partial charge in [0.2, 0.25) is 5.91 Å². The summed E-state index contributed by atoms with van der Waals surface area (Å²) in [4.78, 5) is 41.6. The van der Waals surface area contributed by atoms with Gasteiger partial charge in [0, 0.05) is 22.5 Å². The number of halogens is 1. The Hall–Kier alpha value is -2.99. The molecule has 1 amide bonds. The summed E-state index contributed by atoms with van der Waals surface area (Å²) < 4.78 is 1.39. The number of nitrogens with zero attached hydrogens (tertiary/aromatic N) is 2. The van der Waals surface area contributed by atoms with Crippen molar-refractivity contribution in [2.75, 3.05) is 0 Å². The molecule has 1 fully saturated rings. The fourth-order valence-electron chi connectivity index (χ4n) is 3.72. The molecule has 0 spiro atoms. The zero-order valence-electron chi connectivity index (χ0n) is 16.8. The Labute approximate surface area is 178 Å². The maximum Gasteiger partial charge on any atom is 0.262 e. The first-order valence-electron chi connectivity index (χ1n) is 9.92. The fraction of sp³-hybridized carbons (Fsp3) is 0.304. The van der Waals surface area contributed by atoms with Gasteiger partial charge in [0.05, 0.1) is 10.9 Å². The van der Waals surface area contributed by atoms with Crippen molar-refractivity contribution >= 4 is 34.7 Å². The van der Waals surface area contributed by atoms with Crippen molar-refractivity contribution in [1.82, 2.24) is 14.9 Å². The number of aromatic nitrogens is 2. The number of hydrogen-bond acceptors (Lipinski definition) is 4. The predicted octanol–water partition coefficient (Wildman–Crippen LogP) is 3.54. The lowest BCUT2D eigenvalue weighted by Gasteiger charge is -2.15. The molecule has 1 N–H and O–H groups in total. The Balaban J connectivity index is 1.87. The number of fused-ring (bicyclic) bond motifs is 1. The first kappa shape index (κ1) is 20.3. The summed E-state index contributed by atoms with van der Waals surface area (Å²) in [5.41, 5.74) is 1.86. The number of benzene rings is 2. The van der Waals surface area contributed by atoms with Crippen molar-refractivity contribution in [2.24, 2.45) is 5.92 Å². The molecule has 6 nitrogen and oxygen atoms in total. The molecule has 1 saturated carbocycles. The molecule has 7 heteroatoms. The molecule has 0 bridgehead atoms. The van der Waals surface area contributed by atoms with Crippen molar-refractivity contribution in [3.8, 4) is 11.4 Å². The Morgan fingerprint density at radius 3 is 2.77 bits per heavy atom. The van der Waals surface area contributed by atoms with E-state index in [-0.39, 0.29) is 35.9 Å². The monoisotopic (exact) mass is 423 g/mol. The van der Waals surface area contributed by atoms with Crippen LogP contribution in [0.2, 0.25) is 5.02 Å². The Bertz CT molecular complexity index is 1200. The van der Waals surface area contributed by atoms with E-state index < -0.39 is 0 Å². The second kappa shape index (κ2) is 8.03. The van der Waals surface area contributed by atoms with Crippen LogP contribution in [0, 0.1) is 5.92 Å². The lowest BCUT2D eigenvalue weighted by Crippen LogP contribution is -2.37. The van der Waals surface area contributed by atoms with Crippen LogP contribution in [0.4, 0.5) is 0 Å². The number of carbonyl (C=O) groups excluding carboxylic acids is 2. The lowest BCUT2D eigenvalue weighted by molar-refractivity contribution is -0.122. The summed E-state index contributed by atoms with van der Waals surface area (Å²) in [7, 11) is 0. The van der Waals surface area contributed by atoms with Crippen molar-refractivity contribution in [3.63, 3.8) is 0 Å². The average molecular weight is 424 g/mol.